The zero-order valence-corrected chi connectivity index (χ0v) is 17.6. The molecule has 5 nitrogen and oxygen atoms in total. The highest BCUT2D eigenvalue weighted by Crippen LogP contribution is 2.23. The number of hydrogen-bond donors (Lipinski definition) is 0. The monoisotopic (exact) mass is 390 g/mol. The van der Waals surface area contributed by atoms with Gasteiger partial charge in [0.15, 0.2) is 0 Å². The van der Waals surface area contributed by atoms with Crippen LogP contribution in [0, 0.1) is 5.92 Å². The molecule has 29 heavy (non-hydrogen) atoms. The van der Waals surface area contributed by atoms with Crippen LogP contribution in [0.25, 0.3) is 0 Å². The summed E-state index contributed by atoms with van der Waals surface area (Å²) in [5, 5.41) is 13.5. The molecule has 2 aromatic carbocycles. The first-order valence-corrected chi connectivity index (χ1v) is 10.2. The van der Waals surface area contributed by atoms with Crippen LogP contribution in [-0.4, -0.2) is 41.3 Å². The van der Waals surface area contributed by atoms with Crippen molar-refractivity contribution in [2.45, 2.75) is 39.3 Å². The summed E-state index contributed by atoms with van der Waals surface area (Å²) in [7, 11) is 3.92. The van der Waals surface area contributed by atoms with Crippen molar-refractivity contribution in [1.29, 1.82) is 0 Å². The van der Waals surface area contributed by atoms with Gasteiger partial charge >= 0.3 is 0 Å². The largest absolute Gasteiger partial charge is 0.299 e. The highest BCUT2D eigenvalue weighted by molar-refractivity contribution is 6.23. The van der Waals surface area contributed by atoms with Crippen LogP contribution >= 0.6 is 0 Å². The summed E-state index contributed by atoms with van der Waals surface area (Å²) in [6.07, 6.45) is 2.65. The van der Waals surface area contributed by atoms with Crippen molar-refractivity contribution >= 4 is 17.2 Å². The van der Waals surface area contributed by atoms with Crippen molar-refractivity contribution < 1.29 is 4.79 Å². The summed E-state index contributed by atoms with van der Waals surface area (Å²) in [5.74, 6) is -0.205. The summed E-state index contributed by atoms with van der Waals surface area (Å²) in [5.41, 5.74) is 4.25. The molecule has 1 saturated carbocycles. The Labute approximate surface area is 173 Å². The van der Waals surface area contributed by atoms with Gasteiger partial charge in [0.2, 0.25) is 0 Å². The Morgan fingerprint density at radius 2 is 1.24 bits per heavy atom. The van der Waals surface area contributed by atoms with Crippen molar-refractivity contribution in [2.75, 3.05) is 14.1 Å². The lowest BCUT2D eigenvalue weighted by molar-refractivity contribution is -0.117. The second-order valence-electron chi connectivity index (χ2n) is 7.68. The van der Waals surface area contributed by atoms with Gasteiger partial charge in [0.1, 0.15) is 5.78 Å². The minimum Gasteiger partial charge on any atom is -0.299 e. The number of nitrogens with zero attached hydrogens (tertiary/aromatic N) is 4. The SMILES string of the molecule is CC(=O)C1/C(=N/N(C)Cc2ccccc2)CCC/C1=N\N(C)Cc1ccccc1. The molecule has 0 bridgehead atoms. The van der Waals surface area contributed by atoms with Gasteiger partial charge in [0, 0.05) is 14.1 Å². The van der Waals surface area contributed by atoms with Gasteiger partial charge in [0.05, 0.1) is 30.4 Å². The minimum absolute atomic E-state index is 0.114. The third-order valence-electron chi connectivity index (χ3n) is 5.05. The Balaban J connectivity index is 1.75. The van der Waals surface area contributed by atoms with Gasteiger partial charge in [-0.3, -0.25) is 14.8 Å². The Kier molecular flexibility index (Phi) is 7.17. The topological polar surface area (TPSA) is 48.3 Å². The van der Waals surface area contributed by atoms with Gasteiger partial charge in [-0.15, -0.1) is 0 Å². The van der Waals surface area contributed by atoms with E-state index < -0.39 is 0 Å². The molecule has 0 unspecified atom stereocenters. The van der Waals surface area contributed by atoms with Crippen LogP contribution < -0.4 is 0 Å². The van der Waals surface area contributed by atoms with E-state index in [2.05, 4.69) is 24.3 Å². The standard InChI is InChI=1S/C24H30N4O/c1-19(29)24-22(25-27(2)17-20-11-6-4-7-12-20)15-10-16-23(24)26-28(3)18-21-13-8-5-9-14-21/h4-9,11-14,24H,10,15-18H2,1-3H3/b25-22+,26-23+. The third-order valence-corrected chi connectivity index (χ3v) is 5.05. The van der Waals surface area contributed by atoms with Gasteiger partial charge in [0.25, 0.3) is 0 Å². The van der Waals surface area contributed by atoms with Crippen LogP contribution in [0.2, 0.25) is 0 Å². The maximum atomic E-state index is 12.5. The van der Waals surface area contributed by atoms with Crippen LogP contribution in [0.3, 0.4) is 0 Å². The van der Waals surface area contributed by atoms with Crippen LogP contribution in [0.15, 0.2) is 70.9 Å². The number of carbonyl (C=O) groups excluding carboxylic acids is 1. The molecule has 0 aromatic heterocycles. The minimum atomic E-state index is -0.319. The fourth-order valence-electron chi connectivity index (χ4n) is 3.82. The van der Waals surface area contributed by atoms with Crippen molar-refractivity contribution in [3.8, 4) is 0 Å². The smallest absolute Gasteiger partial charge is 0.144 e. The normalized spacial score (nSPS) is 19.3. The fourth-order valence-corrected chi connectivity index (χ4v) is 3.82. The summed E-state index contributed by atoms with van der Waals surface area (Å²) in [6.45, 7) is 3.08. The van der Waals surface area contributed by atoms with Crippen molar-refractivity contribution in [3.63, 3.8) is 0 Å². The first-order valence-electron chi connectivity index (χ1n) is 10.2. The van der Waals surface area contributed by atoms with Gasteiger partial charge < -0.3 is 0 Å². The highest BCUT2D eigenvalue weighted by Gasteiger charge is 2.31. The summed E-state index contributed by atoms with van der Waals surface area (Å²) in [4.78, 5) is 12.5. The number of ketones is 1. The number of carbonyl (C=O) groups is 1. The summed E-state index contributed by atoms with van der Waals surface area (Å²) < 4.78 is 0. The Morgan fingerprint density at radius 3 is 1.62 bits per heavy atom. The first-order chi connectivity index (χ1) is 14.0. The van der Waals surface area contributed by atoms with Crippen molar-refractivity contribution in [2.24, 2.45) is 16.1 Å². The highest BCUT2D eigenvalue weighted by atomic mass is 16.1. The van der Waals surface area contributed by atoms with Crippen LogP contribution in [0.1, 0.15) is 37.3 Å². The molecule has 5 heteroatoms. The van der Waals surface area contributed by atoms with Gasteiger partial charge in [-0.2, -0.15) is 10.2 Å². The molecule has 0 N–H and O–H groups in total. The average Bonchev–Trinajstić information content (AvgIpc) is 2.69. The maximum absolute atomic E-state index is 12.5. The molecule has 0 aliphatic heterocycles. The van der Waals surface area contributed by atoms with E-state index in [1.807, 2.05) is 60.5 Å². The quantitative estimate of drug-likeness (QED) is 0.660. The molecule has 1 aliphatic carbocycles. The average molecular weight is 391 g/mol. The second kappa shape index (κ2) is 10.0. The molecule has 0 spiro atoms. The second-order valence-corrected chi connectivity index (χ2v) is 7.68. The molecule has 1 fully saturated rings. The maximum Gasteiger partial charge on any atom is 0.144 e. The third kappa shape index (κ3) is 6.01. The lowest BCUT2D eigenvalue weighted by Crippen LogP contribution is -2.37. The van der Waals surface area contributed by atoms with Crippen LogP contribution in [-0.2, 0) is 17.9 Å². The molecule has 1 aliphatic rings. The van der Waals surface area contributed by atoms with E-state index in [0.29, 0.717) is 0 Å². The number of hydrogen-bond acceptors (Lipinski definition) is 5. The van der Waals surface area contributed by atoms with E-state index >= 15 is 0 Å². The fraction of sp³-hybridized carbons (Fsp3) is 0.375. The number of hydrazone groups is 2. The number of rotatable bonds is 7. The van der Waals surface area contributed by atoms with E-state index in [4.69, 9.17) is 10.2 Å². The van der Waals surface area contributed by atoms with Crippen LogP contribution in [0.5, 0.6) is 0 Å². The van der Waals surface area contributed by atoms with E-state index in [9.17, 15) is 4.79 Å². The van der Waals surface area contributed by atoms with E-state index in [-0.39, 0.29) is 11.7 Å². The molecule has 2 aromatic rings. The van der Waals surface area contributed by atoms with E-state index in [0.717, 1.165) is 43.8 Å². The van der Waals surface area contributed by atoms with Gasteiger partial charge in [-0.1, -0.05) is 60.7 Å². The molecule has 0 heterocycles. The summed E-state index contributed by atoms with van der Waals surface area (Å²) in [6, 6.07) is 20.5. The lowest BCUT2D eigenvalue weighted by Gasteiger charge is -2.27. The predicted octanol–water partition coefficient (Wildman–Crippen LogP) is 4.35. The Morgan fingerprint density at radius 1 is 0.828 bits per heavy atom. The Hall–Kier alpha value is -2.95. The van der Waals surface area contributed by atoms with Crippen LogP contribution in [0.4, 0.5) is 0 Å². The molecule has 152 valence electrons. The molecule has 0 saturated heterocycles. The van der Waals surface area contributed by atoms with Gasteiger partial charge in [-0.25, -0.2) is 0 Å². The first kappa shape index (κ1) is 20.8. The zero-order valence-electron chi connectivity index (χ0n) is 17.6. The van der Waals surface area contributed by atoms with Crippen molar-refractivity contribution in [3.05, 3.63) is 71.8 Å². The van der Waals surface area contributed by atoms with Gasteiger partial charge in [-0.05, 0) is 37.3 Å². The zero-order chi connectivity index (χ0) is 20.6. The molecule has 0 atom stereocenters. The lowest BCUT2D eigenvalue weighted by atomic mass is 9.83. The van der Waals surface area contributed by atoms with Crippen molar-refractivity contribution in [1.82, 2.24) is 10.0 Å². The molecule has 0 amide bonds. The molecule has 0 radical (unpaired) electrons. The van der Waals surface area contributed by atoms with E-state index in [1.54, 1.807) is 6.92 Å². The molecule has 3 rings (SSSR count). The predicted molar refractivity (Wildman–Crippen MR) is 119 cm³/mol. The Bertz CT molecular complexity index is 795. The van der Waals surface area contributed by atoms with E-state index in [1.165, 1.54) is 11.1 Å². The number of Topliss-reactive ketones (excluding diaryl/α,β-unsaturated/α-hetero) is 1. The summed E-state index contributed by atoms with van der Waals surface area (Å²) >= 11 is 0. The number of benzene rings is 2. The molecular formula is C24H30N4O. The molecular weight excluding hydrogens is 360 g/mol.